The molecule has 3 aromatic rings. The van der Waals surface area contributed by atoms with Gasteiger partial charge in [-0.25, -0.2) is 8.42 Å². The van der Waals surface area contributed by atoms with Crippen molar-refractivity contribution in [1.82, 2.24) is 4.31 Å². The molecule has 3 nitrogen and oxygen atoms in total. The van der Waals surface area contributed by atoms with Crippen molar-refractivity contribution in [2.75, 3.05) is 6.54 Å². The van der Waals surface area contributed by atoms with Crippen molar-refractivity contribution in [3.05, 3.63) is 113 Å². The first-order valence-electron chi connectivity index (χ1n) is 11.7. The van der Waals surface area contributed by atoms with Crippen LogP contribution in [-0.4, -0.2) is 19.3 Å². The first-order chi connectivity index (χ1) is 16.1. The maximum Gasteiger partial charge on any atom is 0.264 e. The molecule has 1 aliphatic heterocycles. The predicted octanol–water partition coefficient (Wildman–Crippen LogP) is 6.83. The third kappa shape index (κ3) is 4.16. The zero-order chi connectivity index (χ0) is 22.8. The molecule has 168 valence electrons. The number of hydrogen-bond donors (Lipinski definition) is 0. The van der Waals surface area contributed by atoms with Crippen LogP contribution in [0.3, 0.4) is 0 Å². The molecular formula is C29H29NO2S. The Balaban J connectivity index is 1.78. The van der Waals surface area contributed by atoms with Gasteiger partial charge in [-0.05, 0) is 61.4 Å². The fraction of sp³-hybridized carbons (Fsp3) is 0.241. The van der Waals surface area contributed by atoms with Gasteiger partial charge in [-0.3, -0.25) is 4.31 Å². The van der Waals surface area contributed by atoms with Crippen LogP contribution < -0.4 is 0 Å². The molecule has 2 aliphatic rings. The van der Waals surface area contributed by atoms with E-state index in [1.165, 1.54) is 30.4 Å². The van der Waals surface area contributed by atoms with Crippen molar-refractivity contribution in [3.8, 4) is 0 Å². The fourth-order valence-electron chi connectivity index (χ4n) is 4.98. The number of aryl methyl sites for hydroxylation is 1. The Hall–Kier alpha value is -3.11. The second-order valence-corrected chi connectivity index (χ2v) is 10.8. The van der Waals surface area contributed by atoms with Crippen molar-refractivity contribution in [1.29, 1.82) is 0 Å². The van der Waals surface area contributed by atoms with Crippen LogP contribution in [0.25, 0.3) is 11.3 Å². The SMILES string of the molecule is Cc1ccc(S(=O)(=O)N2CC(=C3CCCCC3)C(c3ccccc3)=C2c2ccccc2)cc1. The smallest absolute Gasteiger partial charge is 0.261 e. The van der Waals surface area contributed by atoms with E-state index in [1.807, 2.05) is 67.6 Å². The van der Waals surface area contributed by atoms with Crippen LogP contribution in [0.1, 0.15) is 48.8 Å². The normalized spacial score (nSPS) is 17.1. The first kappa shape index (κ1) is 21.7. The standard InChI is InChI=1S/C29H29NO2S/c1-22-17-19-26(20-18-22)33(31,32)30-21-27(23-11-5-2-6-12-23)28(24-13-7-3-8-14-24)29(30)25-15-9-4-10-16-25/h3-4,7-10,13-20H,2,5-6,11-12,21H2,1H3. The zero-order valence-corrected chi connectivity index (χ0v) is 19.8. The molecule has 0 bridgehead atoms. The van der Waals surface area contributed by atoms with E-state index in [4.69, 9.17) is 0 Å². The van der Waals surface area contributed by atoms with Gasteiger partial charge >= 0.3 is 0 Å². The molecule has 0 unspecified atom stereocenters. The van der Waals surface area contributed by atoms with E-state index in [-0.39, 0.29) is 0 Å². The second kappa shape index (κ2) is 9.03. The van der Waals surface area contributed by atoms with Crippen LogP contribution >= 0.6 is 0 Å². The minimum Gasteiger partial charge on any atom is -0.261 e. The summed E-state index contributed by atoms with van der Waals surface area (Å²) in [4.78, 5) is 0.337. The lowest BCUT2D eigenvalue weighted by molar-refractivity contribution is 0.531. The lowest BCUT2D eigenvalue weighted by Crippen LogP contribution is -2.28. The summed E-state index contributed by atoms with van der Waals surface area (Å²) in [7, 11) is -3.72. The van der Waals surface area contributed by atoms with Gasteiger partial charge in [0.25, 0.3) is 10.0 Å². The molecule has 0 spiro atoms. The summed E-state index contributed by atoms with van der Waals surface area (Å²) in [5.41, 5.74) is 7.50. The molecule has 4 heteroatoms. The van der Waals surface area contributed by atoms with E-state index in [0.29, 0.717) is 11.4 Å². The number of nitrogens with zero attached hydrogens (tertiary/aromatic N) is 1. The van der Waals surface area contributed by atoms with Gasteiger partial charge in [0, 0.05) is 5.57 Å². The summed E-state index contributed by atoms with van der Waals surface area (Å²) in [6.07, 6.45) is 5.69. The van der Waals surface area contributed by atoms with Gasteiger partial charge in [-0.2, -0.15) is 0 Å². The topological polar surface area (TPSA) is 37.4 Å². The summed E-state index contributed by atoms with van der Waals surface area (Å²) in [6.45, 7) is 2.36. The second-order valence-electron chi connectivity index (χ2n) is 8.92. The van der Waals surface area contributed by atoms with Crippen molar-refractivity contribution in [2.24, 2.45) is 0 Å². The van der Waals surface area contributed by atoms with Crippen molar-refractivity contribution < 1.29 is 8.42 Å². The largest absolute Gasteiger partial charge is 0.264 e. The Morgan fingerprint density at radius 2 is 1.27 bits per heavy atom. The third-order valence-electron chi connectivity index (χ3n) is 6.69. The fourth-order valence-corrected chi connectivity index (χ4v) is 6.45. The summed E-state index contributed by atoms with van der Waals surface area (Å²) < 4.78 is 29.7. The molecular weight excluding hydrogens is 426 g/mol. The number of sulfonamides is 1. The summed E-state index contributed by atoms with van der Waals surface area (Å²) >= 11 is 0. The lowest BCUT2D eigenvalue weighted by atomic mass is 9.86. The first-order valence-corrected chi connectivity index (χ1v) is 13.2. The molecule has 0 aromatic heterocycles. The highest BCUT2D eigenvalue weighted by Crippen LogP contribution is 2.46. The minimum absolute atomic E-state index is 0.337. The van der Waals surface area contributed by atoms with Gasteiger partial charge in [-0.1, -0.05) is 90.4 Å². The maximum atomic E-state index is 14.0. The number of hydrogen-bond acceptors (Lipinski definition) is 2. The maximum absolute atomic E-state index is 14.0. The Kier molecular flexibility index (Phi) is 5.94. The van der Waals surface area contributed by atoms with Crippen molar-refractivity contribution in [2.45, 2.75) is 43.9 Å². The van der Waals surface area contributed by atoms with Gasteiger partial charge < -0.3 is 0 Å². The van der Waals surface area contributed by atoms with E-state index < -0.39 is 10.0 Å². The van der Waals surface area contributed by atoms with Gasteiger partial charge in [0.05, 0.1) is 17.1 Å². The van der Waals surface area contributed by atoms with Crippen LogP contribution in [0, 0.1) is 6.92 Å². The number of rotatable bonds is 4. The number of allylic oxidation sites excluding steroid dienone is 1. The average Bonchev–Trinajstić information content (AvgIpc) is 3.28. The molecule has 0 saturated heterocycles. The molecule has 0 amide bonds. The van der Waals surface area contributed by atoms with Gasteiger partial charge in [0.15, 0.2) is 0 Å². The van der Waals surface area contributed by atoms with Gasteiger partial charge in [0.2, 0.25) is 0 Å². The highest BCUT2D eigenvalue weighted by Gasteiger charge is 2.38. The molecule has 1 fully saturated rings. The molecule has 3 aromatic carbocycles. The van der Waals surface area contributed by atoms with Crippen LogP contribution in [-0.2, 0) is 10.0 Å². The summed E-state index contributed by atoms with van der Waals surface area (Å²) in [5, 5.41) is 0. The highest BCUT2D eigenvalue weighted by atomic mass is 32.2. The van der Waals surface area contributed by atoms with E-state index in [9.17, 15) is 8.42 Å². The third-order valence-corrected chi connectivity index (χ3v) is 8.45. The molecule has 1 heterocycles. The molecule has 0 N–H and O–H groups in total. The van der Waals surface area contributed by atoms with Crippen LogP contribution in [0.5, 0.6) is 0 Å². The number of benzene rings is 3. The van der Waals surface area contributed by atoms with Gasteiger partial charge in [0.1, 0.15) is 0 Å². The molecule has 0 atom stereocenters. The zero-order valence-electron chi connectivity index (χ0n) is 19.0. The quantitative estimate of drug-likeness (QED) is 0.432. The van der Waals surface area contributed by atoms with E-state index in [1.54, 1.807) is 16.4 Å². The van der Waals surface area contributed by atoms with Crippen LogP contribution in [0.2, 0.25) is 0 Å². The molecule has 5 rings (SSSR count). The average molecular weight is 456 g/mol. The van der Waals surface area contributed by atoms with Crippen molar-refractivity contribution in [3.63, 3.8) is 0 Å². The van der Waals surface area contributed by atoms with Crippen molar-refractivity contribution >= 4 is 21.3 Å². The Bertz CT molecular complexity index is 1300. The summed E-state index contributed by atoms with van der Waals surface area (Å²) in [6, 6.07) is 27.4. The van der Waals surface area contributed by atoms with Crippen LogP contribution in [0.4, 0.5) is 0 Å². The lowest BCUT2D eigenvalue weighted by Gasteiger charge is -2.23. The molecule has 1 aliphatic carbocycles. The Labute approximate surface area is 197 Å². The molecule has 1 saturated carbocycles. The Morgan fingerprint density at radius 3 is 1.88 bits per heavy atom. The Morgan fingerprint density at radius 1 is 0.697 bits per heavy atom. The predicted molar refractivity (Wildman–Crippen MR) is 135 cm³/mol. The highest BCUT2D eigenvalue weighted by molar-refractivity contribution is 7.89. The monoisotopic (exact) mass is 455 g/mol. The van der Waals surface area contributed by atoms with Gasteiger partial charge in [-0.15, -0.1) is 0 Å². The van der Waals surface area contributed by atoms with E-state index >= 15 is 0 Å². The van der Waals surface area contributed by atoms with Crippen LogP contribution in [0.15, 0.2) is 101 Å². The molecule has 33 heavy (non-hydrogen) atoms. The molecule has 0 radical (unpaired) electrons. The minimum atomic E-state index is -3.72. The van der Waals surface area contributed by atoms with E-state index in [2.05, 4.69) is 12.1 Å². The summed E-state index contributed by atoms with van der Waals surface area (Å²) in [5.74, 6) is 0. The van der Waals surface area contributed by atoms with E-state index in [0.717, 1.165) is 40.8 Å².